The van der Waals surface area contributed by atoms with E-state index < -0.39 is 0 Å². The van der Waals surface area contributed by atoms with Gasteiger partial charge >= 0.3 is 0 Å². The van der Waals surface area contributed by atoms with Crippen molar-refractivity contribution in [3.8, 4) is 0 Å². The van der Waals surface area contributed by atoms with E-state index in [9.17, 15) is 9.59 Å². The molecule has 0 aromatic heterocycles. The molecule has 0 unspecified atom stereocenters. The van der Waals surface area contributed by atoms with Crippen LogP contribution in [0.5, 0.6) is 0 Å². The van der Waals surface area contributed by atoms with Gasteiger partial charge in [0, 0.05) is 12.5 Å². The second-order valence-corrected chi connectivity index (χ2v) is 3.94. The number of carbonyl (C=O) groups excluding carboxylic acids is 2. The van der Waals surface area contributed by atoms with E-state index in [1.807, 2.05) is 13.8 Å². The van der Waals surface area contributed by atoms with Gasteiger partial charge in [-0.05, 0) is 26.7 Å². The average molecular weight is 169 g/mol. The van der Waals surface area contributed by atoms with Gasteiger partial charge in [-0.1, -0.05) is 0 Å². The van der Waals surface area contributed by atoms with Crippen LogP contribution in [0.15, 0.2) is 0 Å². The van der Waals surface area contributed by atoms with Gasteiger partial charge in [0.15, 0.2) is 0 Å². The molecule has 0 aromatic carbocycles. The Hall–Kier alpha value is -0.860. The maximum atomic E-state index is 11.2. The maximum absolute atomic E-state index is 11.2. The molecule has 1 aliphatic rings. The van der Waals surface area contributed by atoms with Crippen molar-refractivity contribution < 1.29 is 9.59 Å². The molecule has 0 N–H and O–H groups in total. The first-order valence-electron chi connectivity index (χ1n) is 4.24. The molecule has 1 amide bonds. The van der Waals surface area contributed by atoms with Gasteiger partial charge in [0.1, 0.15) is 6.29 Å². The normalized spacial score (nSPS) is 27.2. The number of aldehydes is 1. The third-order valence-corrected chi connectivity index (χ3v) is 2.53. The molecule has 1 saturated heterocycles. The number of hydrogen-bond acceptors (Lipinski definition) is 2. The minimum atomic E-state index is -0.197. The summed E-state index contributed by atoms with van der Waals surface area (Å²) in [6, 6.07) is -0.197. The fourth-order valence-electron chi connectivity index (χ4n) is 1.99. The number of nitrogens with zero attached hydrogens (tertiary/aromatic N) is 1. The molecule has 3 heteroatoms. The summed E-state index contributed by atoms with van der Waals surface area (Å²) in [6.07, 6.45) is 2.59. The molecule has 1 aliphatic heterocycles. The largest absolute Gasteiger partial charge is 0.328 e. The first kappa shape index (κ1) is 9.23. The van der Waals surface area contributed by atoms with E-state index in [-0.39, 0.29) is 17.5 Å². The Labute approximate surface area is 72.7 Å². The molecule has 3 nitrogen and oxygen atoms in total. The third kappa shape index (κ3) is 1.36. The number of hydrogen-bond donors (Lipinski definition) is 0. The van der Waals surface area contributed by atoms with Gasteiger partial charge in [-0.2, -0.15) is 0 Å². The molecule has 0 saturated carbocycles. The van der Waals surface area contributed by atoms with Gasteiger partial charge in [0.25, 0.3) is 0 Å². The SMILES string of the molecule is CC(=O)N1[C@H](C=O)CCC1(C)C. The van der Waals surface area contributed by atoms with E-state index in [4.69, 9.17) is 0 Å². The molecule has 68 valence electrons. The van der Waals surface area contributed by atoms with Gasteiger partial charge < -0.3 is 9.69 Å². The van der Waals surface area contributed by atoms with Crippen LogP contribution in [-0.2, 0) is 9.59 Å². The predicted octanol–water partition coefficient (Wildman–Crippen LogP) is 0.975. The van der Waals surface area contributed by atoms with E-state index in [1.54, 1.807) is 4.90 Å². The van der Waals surface area contributed by atoms with E-state index in [2.05, 4.69) is 0 Å². The Kier molecular flexibility index (Phi) is 2.22. The first-order valence-corrected chi connectivity index (χ1v) is 4.24. The maximum Gasteiger partial charge on any atom is 0.220 e. The highest BCUT2D eigenvalue weighted by Crippen LogP contribution is 2.32. The molecular formula is C9H15NO2. The first-order chi connectivity index (χ1) is 5.49. The Morgan fingerprint density at radius 1 is 1.58 bits per heavy atom. The van der Waals surface area contributed by atoms with Gasteiger partial charge in [0.2, 0.25) is 5.91 Å². The summed E-state index contributed by atoms with van der Waals surface area (Å²) in [4.78, 5) is 23.5. The zero-order chi connectivity index (χ0) is 9.35. The lowest BCUT2D eigenvalue weighted by Gasteiger charge is -2.33. The quantitative estimate of drug-likeness (QED) is 0.548. The van der Waals surface area contributed by atoms with Crippen molar-refractivity contribution in [1.29, 1.82) is 0 Å². The second-order valence-electron chi connectivity index (χ2n) is 3.94. The zero-order valence-corrected chi connectivity index (χ0v) is 7.83. The smallest absolute Gasteiger partial charge is 0.220 e. The summed E-state index contributed by atoms with van der Waals surface area (Å²) in [5.41, 5.74) is -0.141. The van der Waals surface area contributed by atoms with Gasteiger partial charge in [-0.15, -0.1) is 0 Å². The number of rotatable bonds is 1. The van der Waals surface area contributed by atoms with Crippen molar-refractivity contribution in [3.63, 3.8) is 0 Å². The zero-order valence-electron chi connectivity index (χ0n) is 7.83. The summed E-state index contributed by atoms with van der Waals surface area (Å²) in [7, 11) is 0. The molecule has 1 fully saturated rings. The van der Waals surface area contributed by atoms with Crippen molar-refractivity contribution in [2.45, 2.75) is 45.2 Å². The molecular weight excluding hydrogens is 154 g/mol. The minimum absolute atomic E-state index is 0.00500. The minimum Gasteiger partial charge on any atom is -0.328 e. The second kappa shape index (κ2) is 2.88. The Morgan fingerprint density at radius 3 is 2.50 bits per heavy atom. The summed E-state index contributed by atoms with van der Waals surface area (Å²) in [5.74, 6) is -0.00500. The van der Waals surface area contributed by atoms with Crippen molar-refractivity contribution in [1.82, 2.24) is 4.90 Å². The average Bonchev–Trinajstić information content (AvgIpc) is 2.24. The topological polar surface area (TPSA) is 37.4 Å². The highest BCUT2D eigenvalue weighted by molar-refractivity contribution is 5.79. The van der Waals surface area contributed by atoms with Crippen molar-refractivity contribution in [2.24, 2.45) is 0 Å². The molecule has 12 heavy (non-hydrogen) atoms. The Morgan fingerprint density at radius 2 is 2.17 bits per heavy atom. The molecule has 0 spiro atoms. The number of carbonyl (C=O) groups is 2. The Balaban J connectivity index is 2.87. The summed E-state index contributed by atoms with van der Waals surface area (Å²) in [6.45, 7) is 5.51. The lowest BCUT2D eigenvalue weighted by molar-refractivity contribution is -0.137. The monoisotopic (exact) mass is 169 g/mol. The van der Waals surface area contributed by atoms with Crippen LogP contribution in [0.25, 0.3) is 0 Å². The Bertz CT molecular complexity index is 211. The fourth-order valence-corrected chi connectivity index (χ4v) is 1.99. The molecule has 0 radical (unpaired) electrons. The van der Waals surface area contributed by atoms with Crippen LogP contribution >= 0.6 is 0 Å². The summed E-state index contributed by atoms with van der Waals surface area (Å²) >= 11 is 0. The van der Waals surface area contributed by atoms with E-state index >= 15 is 0 Å². The number of likely N-dealkylation sites (tertiary alicyclic amines) is 1. The van der Waals surface area contributed by atoms with Gasteiger partial charge in [0.05, 0.1) is 6.04 Å². The molecule has 1 atom stereocenters. The lowest BCUT2D eigenvalue weighted by Crippen LogP contribution is -2.46. The van der Waals surface area contributed by atoms with E-state index in [0.29, 0.717) is 0 Å². The fraction of sp³-hybridized carbons (Fsp3) is 0.778. The van der Waals surface area contributed by atoms with Gasteiger partial charge in [-0.3, -0.25) is 4.79 Å². The molecule has 0 bridgehead atoms. The van der Waals surface area contributed by atoms with Crippen LogP contribution in [0.3, 0.4) is 0 Å². The van der Waals surface area contributed by atoms with E-state index in [1.165, 1.54) is 6.92 Å². The van der Waals surface area contributed by atoms with Crippen molar-refractivity contribution in [3.05, 3.63) is 0 Å². The highest BCUT2D eigenvalue weighted by atomic mass is 16.2. The highest BCUT2D eigenvalue weighted by Gasteiger charge is 2.40. The van der Waals surface area contributed by atoms with Crippen LogP contribution in [0.4, 0.5) is 0 Å². The predicted molar refractivity (Wildman–Crippen MR) is 45.7 cm³/mol. The summed E-state index contributed by atoms with van der Waals surface area (Å²) in [5, 5.41) is 0. The van der Waals surface area contributed by atoms with Crippen LogP contribution in [-0.4, -0.2) is 28.7 Å². The molecule has 1 rings (SSSR count). The molecule has 1 heterocycles. The van der Waals surface area contributed by atoms with Crippen molar-refractivity contribution in [2.75, 3.05) is 0 Å². The van der Waals surface area contributed by atoms with Crippen LogP contribution in [0.2, 0.25) is 0 Å². The lowest BCUT2D eigenvalue weighted by atomic mass is 10.0. The van der Waals surface area contributed by atoms with Crippen molar-refractivity contribution >= 4 is 12.2 Å². The standard InChI is InChI=1S/C9H15NO2/c1-7(12)10-8(6-11)4-5-9(10,2)3/h6,8H,4-5H2,1-3H3/t8-/m0/s1. The molecule has 0 aliphatic carbocycles. The van der Waals surface area contributed by atoms with Gasteiger partial charge in [-0.25, -0.2) is 0 Å². The van der Waals surface area contributed by atoms with E-state index in [0.717, 1.165) is 19.1 Å². The third-order valence-electron chi connectivity index (χ3n) is 2.53. The number of amides is 1. The van der Waals surface area contributed by atoms with Crippen LogP contribution < -0.4 is 0 Å². The van der Waals surface area contributed by atoms with Crippen LogP contribution in [0, 0.1) is 0 Å². The van der Waals surface area contributed by atoms with Crippen LogP contribution in [0.1, 0.15) is 33.6 Å². The summed E-state index contributed by atoms with van der Waals surface area (Å²) < 4.78 is 0. The molecule has 0 aromatic rings.